The largest absolute Gasteiger partial charge is 0.476 e. The van der Waals surface area contributed by atoms with E-state index in [-0.39, 0.29) is 12.0 Å². The van der Waals surface area contributed by atoms with Crippen LogP contribution in [0.25, 0.3) is 22.0 Å². The highest BCUT2D eigenvalue weighted by molar-refractivity contribution is 7.77. The van der Waals surface area contributed by atoms with Gasteiger partial charge in [-0.1, -0.05) is 13.8 Å². The van der Waals surface area contributed by atoms with E-state index < -0.39 is 28.0 Å². The van der Waals surface area contributed by atoms with E-state index in [1.54, 1.807) is 43.6 Å². The van der Waals surface area contributed by atoms with Crippen LogP contribution in [0.3, 0.4) is 0 Å². The van der Waals surface area contributed by atoms with Crippen LogP contribution in [0.5, 0.6) is 5.88 Å². The van der Waals surface area contributed by atoms with Gasteiger partial charge in [0, 0.05) is 66.6 Å². The van der Waals surface area contributed by atoms with Crippen molar-refractivity contribution in [2.45, 2.75) is 62.6 Å². The lowest BCUT2D eigenvalue weighted by Crippen LogP contribution is -2.51. The molecular weight excluding hydrogens is 549 g/mol. The first-order valence-corrected chi connectivity index (χ1v) is 14.9. The van der Waals surface area contributed by atoms with Crippen LogP contribution in [0, 0.1) is 5.82 Å². The smallest absolute Gasteiger partial charge is 0.237 e. The van der Waals surface area contributed by atoms with Crippen LogP contribution in [-0.4, -0.2) is 64.1 Å². The Labute approximate surface area is 240 Å². The Balaban J connectivity index is 1.44. The van der Waals surface area contributed by atoms with Gasteiger partial charge >= 0.3 is 0 Å². The molecule has 10 nitrogen and oxygen atoms in total. The van der Waals surface area contributed by atoms with Crippen LogP contribution >= 0.6 is 0 Å². The Kier molecular flexibility index (Phi) is 7.10. The molecule has 2 fully saturated rings. The number of methoxy groups -OCH3 is 1. The molecule has 2 aliphatic carbocycles. The third-order valence-electron chi connectivity index (χ3n) is 8.58. The molecule has 1 unspecified atom stereocenters. The lowest BCUT2D eigenvalue weighted by molar-refractivity contribution is -0.131. The molecule has 2 saturated carbocycles. The van der Waals surface area contributed by atoms with Gasteiger partial charge in [-0.05, 0) is 37.8 Å². The summed E-state index contributed by atoms with van der Waals surface area (Å²) in [5.74, 6) is -0.145. The molecule has 2 aromatic heterocycles. The summed E-state index contributed by atoms with van der Waals surface area (Å²) >= 11 is -2.26. The molecule has 1 aromatic carbocycles. The number of halogens is 1. The molecule has 3 aromatic rings. The van der Waals surface area contributed by atoms with Crippen LogP contribution in [0.1, 0.15) is 50.7 Å². The van der Waals surface area contributed by atoms with E-state index >= 15 is 4.39 Å². The van der Waals surface area contributed by atoms with Crippen LogP contribution in [0.2, 0.25) is 0 Å². The number of fused-ring (bicyclic) bond motifs is 4. The van der Waals surface area contributed by atoms with E-state index in [0.29, 0.717) is 78.4 Å². The first-order chi connectivity index (χ1) is 19.6. The second-order valence-corrected chi connectivity index (χ2v) is 12.2. The summed E-state index contributed by atoms with van der Waals surface area (Å²) in [6.07, 6.45) is 5.51. The predicted octanol–water partition coefficient (Wildman–Crippen LogP) is 3.55. The molecule has 1 spiro atoms. The summed E-state index contributed by atoms with van der Waals surface area (Å²) in [5.41, 5.74) is 1.93. The highest BCUT2D eigenvalue weighted by atomic mass is 32.2. The summed E-state index contributed by atoms with van der Waals surface area (Å²) in [6, 6.07) is 5.21. The number of hydrogen-bond donors (Lipinski definition) is 3. The molecule has 0 saturated heterocycles. The average Bonchev–Trinajstić information content (AvgIpc) is 3.64. The number of carbonyl (C=O) groups is 1. The number of benzene rings is 1. The van der Waals surface area contributed by atoms with Crippen molar-refractivity contribution < 1.29 is 27.4 Å². The van der Waals surface area contributed by atoms with Crippen LogP contribution in [0.15, 0.2) is 30.6 Å². The van der Waals surface area contributed by atoms with E-state index in [4.69, 9.17) is 9.47 Å². The number of aromatic nitrogens is 2. The Morgan fingerprint density at radius 2 is 1.98 bits per heavy atom. The number of pyridine rings is 2. The third-order valence-corrected chi connectivity index (χ3v) is 9.15. The zero-order chi connectivity index (χ0) is 29.1. The summed E-state index contributed by atoms with van der Waals surface area (Å²) in [4.78, 5) is 24.1. The number of amides is 1. The summed E-state index contributed by atoms with van der Waals surface area (Å²) in [5, 5.41) is 4.00. The second kappa shape index (κ2) is 10.4. The van der Waals surface area contributed by atoms with Crippen molar-refractivity contribution in [1.82, 2.24) is 20.0 Å². The van der Waals surface area contributed by atoms with Gasteiger partial charge in [0.05, 0.1) is 34.5 Å². The monoisotopic (exact) mass is 583 g/mol. The van der Waals surface area contributed by atoms with Crippen molar-refractivity contribution in [1.29, 1.82) is 0 Å². The van der Waals surface area contributed by atoms with Gasteiger partial charge in [0.2, 0.25) is 23.1 Å². The summed E-state index contributed by atoms with van der Waals surface area (Å²) < 4.78 is 51.3. The first-order valence-electron chi connectivity index (χ1n) is 13.8. The molecule has 1 atom stereocenters. The molecule has 3 N–H and O–H groups in total. The maximum Gasteiger partial charge on any atom is 0.237 e. The number of ether oxygens (including phenoxy) is 2. The van der Waals surface area contributed by atoms with Crippen molar-refractivity contribution >= 4 is 33.8 Å². The van der Waals surface area contributed by atoms with Gasteiger partial charge in [-0.3, -0.25) is 14.3 Å². The number of nitrogens with one attached hydrogen (secondary N) is 2. The Hall–Kier alpha value is -3.03. The van der Waals surface area contributed by atoms with Gasteiger partial charge in [-0.25, -0.2) is 18.3 Å². The van der Waals surface area contributed by atoms with Gasteiger partial charge in [0.25, 0.3) is 0 Å². The SMILES string of the molecule is COC1CC2(C1)C(=O)N(C)c1cnc3cc(F)c(-c4cnc(OCCNC(C)C)c(C5(NS(=O)O)CC5)c4)cc3c12. The van der Waals surface area contributed by atoms with E-state index in [2.05, 4.69) is 20.0 Å². The average molecular weight is 584 g/mol. The molecule has 0 radical (unpaired) electrons. The Morgan fingerprint density at radius 1 is 1.22 bits per heavy atom. The fourth-order valence-electron chi connectivity index (χ4n) is 6.25. The lowest BCUT2D eigenvalue weighted by atomic mass is 9.62. The lowest BCUT2D eigenvalue weighted by Gasteiger charge is -2.43. The zero-order valence-electron chi connectivity index (χ0n) is 23.5. The number of nitrogens with zero attached hydrogens (tertiary/aromatic N) is 3. The van der Waals surface area contributed by atoms with E-state index in [1.807, 2.05) is 13.8 Å². The highest BCUT2D eigenvalue weighted by Crippen LogP contribution is 2.56. The zero-order valence-corrected chi connectivity index (χ0v) is 24.3. The normalized spacial score (nSPS) is 23.2. The number of hydrogen-bond acceptors (Lipinski definition) is 7. The number of carbonyl (C=O) groups excluding carboxylic acids is 1. The molecule has 12 heteroatoms. The fourth-order valence-corrected chi connectivity index (χ4v) is 6.90. The molecule has 3 heterocycles. The number of rotatable bonds is 10. The summed E-state index contributed by atoms with van der Waals surface area (Å²) in [6.45, 7) is 5.03. The fraction of sp³-hybridized carbons (Fsp3) is 0.483. The molecule has 218 valence electrons. The van der Waals surface area contributed by atoms with Crippen LogP contribution in [-0.2, 0) is 31.8 Å². The number of anilines is 1. The highest BCUT2D eigenvalue weighted by Gasteiger charge is 2.59. The molecule has 3 aliphatic rings. The molecule has 1 amide bonds. The maximum absolute atomic E-state index is 15.7. The van der Waals surface area contributed by atoms with Gasteiger partial charge in [0.1, 0.15) is 12.4 Å². The van der Waals surface area contributed by atoms with Gasteiger partial charge < -0.3 is 19.7 Å². The van der Waals surface area contributed by atoms with Crippen molar-refractivity contribution in [3.05, 3.63) is 47.5 Å². The van der Waals surface area contributed by atoms with E-state index in [1.165, 1.54) is 6.07 Å². The minimum atomic E-state index is -2.26. The first kappa shape index (κ1) is 28.1. The van der Waals surface area contributed by atoms with Crippen molar-refractivity contribution in [3.8, 4) is 17.0 Å². The third kappa shape index (κ3) is 4.71. The standard InChI is InChI=1S/C29H34FN5O5S/c1-16(2)31-7-8-40-26-21(29(5-6-29)34-41(37)38)9-17(14-33-26)19-10-20-23(11-22(19)30)32-15-24-25(20)28(27(36)35(24)3)12-18(13-28)39-4/h9-11,14-16,18,31,34H,5-8,12-13H2,1-4H3,(H,37,38). The summed E-state index contributed by atoms with van der Waals surface area (Å²) in [7, 11) is 3.39. The van der Waals surface area contributed by atoms with Crippen molar-refractivity contribution in [2.24, 2.45) is 0 Å². The van der Waals surface area contributed by atoms with Gasteiger partial charge in [0.15, 0.2) is 0 Å². The van der Waals surface area contributed by atoms with Gasteiger partial charge in [-0.2, -0.15) is 0 Å². The minimum Gasteiger partial charge on any atom is -0.476 e. The van der Waals surface area contributed by atoms with Gasteiger partial charge in [-0.15, -0.1) is 0 Å². The topological polar surface area (TPSA) is 126 Å². The molecule has 41 heavy (non-hydrogen) atoms. The van der Waals surface area contributed by atoms with Crippen molar-refractivity contribution in [3.63, 3.8) is 0 Å². The van der Waals surface area contributed by atoms with E-state index in [0.717, 1.165) is 11.3 Å². The van der Waals surface area contributed by atoms with Crippen molar-refractivity contribution in [2.75, 3.05) is 32.2 Å². The minimum absolute atomic E-state index is 0.00265. The Bertz CT molecular complexity index is 1560. The van der Waals surface area contributed by atoms with Crippen LogP contribution < -0.4 is 19.7 Å². The molecular formula is C29H34FN5O5S. The van der Waals surface area contributed by atoms with Crippen LogP contribution in [0.4, 0.5) is 10.1 Å². The van der Waals surface area contributed by atoms with E-state index in [9.17, 15) is 13.6 Å². The predicted molar refractivity (Wildman–Crippen MR) is 154 cm³/mol. The quantitative estimate of drug-likeness (QED) is 0.245. The second-order valence-electron chi connectivity index (χ2n) is 11.5. The molecule has 6 rings (SSSR count). The molecule has 1 aliphatic heterocycles. The maximum atomic E-state index is 15.7. The Morgan fingerprint density at radius 3 is 2.63 bits per heavy atom. The molecule has 0 bridgehead atoms. The number of likely N-dealkylation sites (N-methyl/N-ethyl adjacent to an activating group) is 1.